The first kappa shape index (κ1) is 23.0. The SMILES string of the molecule is CCCCCCNC(N)=NCc1cccc(OCCCOC)c1.I. The van der Waals surface area contributed by atoms with E-state index >= 15 is 0 Å². The van der Waals surface area contributed by atoms with Crippen molar-refractivity contribution >= 4 is 29.9 Å². The summed E-state index contributed by atoms with van der Waals surface area (Å²) in [6.07, 6.45) is 5.77. The average molecular weight is 449 g/mol. The number of methoxy groups -OCH3 is 1. The number of nitrogens with one attached hydrogen (secondary N) is 1. The third-order valence-electron chi connectivity index (χ3n) is 3.43. The van der Waals surface area contributed by atoms with Crippen LogP contribution in [-0.2, 0) is 11.3 Å². The number of benzene rings is 1. The summed E-state index contributed by atoms with van der Waals surface area (Å²) in [6.45, 7) is 5.02. The number of halogens is 1. The van der Waals surface area contributed by atoms with E-state index in [1.165, 1.54) is 19.3 Å². The lowest BCUT2D eigenvalue weighted by Crippen LogP contribution is -2.32. The standard InChI is InChI=1S/C18H31N3O2.HI/c1-3-4-5-6-11-20-18(19)21-15-16-9-7-10-17(14-16)23-13-8-12-22-2;/h7,9-10,14H,3-6,8,11-13,15H2,1-2H3,(H3,19,20,21);1H. The molecule has 1 rings (SSSR count). The Morgan fingerprint density at radius 2 is 2.00 bits per heavy atom. The molecular formula is C18H32IN3O2. The zero-order valence-corrected chi connectivity index (χ0v) is 17.3. The van der Waals surface area contributed by atoms with Gasteiger partial charge in [0.05, 0.1) is 13.2 Å². The first-order valence-corrected chi connectivity index (χ1v) is 8.50. The maximum Gasteiger partial charge on any atom is 0.188 e. The van der Waals surface area contributed by atoms with Crippen LogP contribution in [0.1, 0.15) is 44.6 Å². The molecular weight excluding hydrogens is 417 g/mol. The number of guanidine groups is 1. The Morgan fingerprint density at radius 3 is 2.75 bits per heavy atom. The number of hydrogen-bond acceptors (Lipinski definition) is 3. The minimum absolute atomic E-state index is 0. The van der Waals surface area contributed by atoms with Gasteiger partial charge in [0.1, 0.15) is 5.75 Å². The van der Waals surface area contributed by atoms with E-state index in [2.05, 4.69) is 17.2 Å². The molecule has 1 aromatic rings. The summed E-state index contributed by atoms with van der Waals surface area (Å²) in [6, 6.07) is 7.96. The molecule has 6 heteroatoms. The number of hydrogen-bond donors (Lipinski definition) is 2. The molecule has 0 amide bonds. The number of unbranched alkanes of at least 4 members (excludes halogenated alkanes) is 3. The van der Waals surface area contributed by atoms with Gasteiger partial charge in [-0.15, -0.1) is 24.0 Å². The first-order valence-electron chi connectivity index (χ1n) is 8.50. The molecule has 3 N–H and O–H groups in total. The van der Waals surface area contributed by atoms with E-state index in [0.29, 0.717) is 25.7 Å². The Hall–Kier alpha value is -1.02. The highest BCUT2D eigenvalue weighted by Crippen LogP contribution is 2.14. The van der Waals surface area contributed by atoms with Crippen LogP contribution in [0.5, 0.6) is 5.75 Å². The number of aliphatic imine (C=N–C) groups is 1. The normalized spacial score (nSPS) is 11.0. The predicted molar refractivity (Wildman–Crippen MR) is 111 cm³/mol. The quantitative estimate of drug-likeness (QED) is 0.221. The van der Waals surface area contributed by atoms with Gasteiger partial charge < -0.3 is 20.5 Å². The number of ether oxygens (including phenoxy) is 2. The molecule has 0 spiro atoms. The number of rotatable bonds is 12. The van der Waals surface area contributed by atoms with E-state index in [1.807, 2.05) is 24.3 Å². The molecule has 0 atom stereocenters. The fourth-order valence-corrected chi connectivity index (χ4v) is 2.13. The molecule has 0 bridgehead atoms. The largest absolute Gasteiger partial charge is 0.493 e. The van der Waals surface area contributed by atoms with E-state index in [0.717, 1.165) is 30.7 Å². The highest BCUT2D eigenvalue weighted by atomic mass is 127. The van der Waals surface area contributed by atoms with Gasteiger partial charge in [0.25, 0.3) is 0 Å². The van der Waals surface area contributed by atoms with Gasteiger partial charge in [0, 0.05) is 26.7 Å². The van der Waals surface area contributed by atoms with Crippen LogP contribution in [0, 0.1) is 0 Å². The Balaban J connectivity index is 0.00000529. The maximum absolute atomic E-state index is 5.88. The molecule has 0 radical (unpaired) electrons. The lowest BCUT2D eigenvalue weighted by molar-refractivity contribution is 0.172. The molecule has 0 unspecified atom stereocenters. The zero-order valence-electron chi connectivity index (χ0n) is 14.9. The molecule has 0 saturated carbocycles. The van der Waals surface area contributed by atoms with Crippen LogP contribution in [-0.4, -0.2) is 32.8 Å². The first-order chi connectivity index (χ1) is 11.3. The molecule has 0 fully saturated rings. The molecule has 24 heavy (non-hydrogen) atoms. The van der Waals surface area contributed by atoms with Gasteiger partial charge in [-0.1, -0.05) is 38.3 Å². The van der Waals surface area contributed by atoms with Crippen molar-refractivity contribution < 1.29 is 9.47 Å². The van der Waals surface area contributed by atoms with Crippen LogP contribution in [0.25, 0.3) is 0 Å². The predicted octanol–water partition coefficient (Wildman–Crippen LogP) is 3.70. The van der Waals surface area contributed by atoms with Crippen molar-refractivity contribution in [3.63, 3.8) is 0 Å². The maximum atomic E-state index is 5.88. The summed E-state index contributed by atoms with van der Waals surface area (Å²) in [7, 11) is 1.70. The second-order valence-electron chi connectivity index (χ2n) is 5.53. The molecule has 1 aromatic carbocycles. The van der Waals surface area contributed by atoms with Crippen molar-refractivity contribution in [3.8, 4) is 5.75 Å². The van der Waals surface area contributed by atoms with Crippen LogP contribution in [0.2, 0.25) is 0 Å². The molecule has 0 aliphatic heterocycles. The molecule has 138 valence electrons. The highest BCUT2D eigenvalue weighted by Gasteiger charge is 1.98. The van der Waals surface area contributed by atoms with Crippen molar-refractivity contribution in [2.24, 2.45) is 10.7 Å². The van der Waals surface area contributed by atoms with Crippen molar-refractivity contribution in [2.45, 2.75) is 45.6 Å². The summed E-state index contributed by atoms with van der Waals surface area (Å²) in [5, 5.41) is 3.16. The summed E-state index contributed by atoms with van der Waals surface area (Å²) >= 11 is 0. The molecule has 0 aliphatic rings. The molecule has 0 heterocycles. The lowest BCUT2D eigenvalue weighted by Gasteiger charge is -2.08. The van der Waals surface area contributed by atoms with E-state index in [4.69, 9.17) is 15.2 Å². The van der Waals surface area contributed by atoms with E-state index in [-0.39, 0.29) is 24.0 Å². The topological polar surface area (TPSA) is 68.9 Å². The number of nitrogens with zero attached hydrogens (tertiary/aromatic N) is 1. The van der Waals surface area contributed by atoms with Crippen molar-refractivity contribution in [1.82, 2.24) is 5.32 Å². The number of nitrogens with two attached hydrogens (primary N) is 1. The van der Waals surface area contributed by atoms with Gasteiger partial charge >= 0.3 is 0 Å². The van der Waals surface area contributed by atoms with Gasteiger partial charge in [-0.3, -0.25) is 0 Å². The second-order valence-corrected chi connectivity index (χ2v) is 5.53. The molecule has 0 aliphatic carbocycles. The average Bonchev–Trinajstić information content (AvgIpc) is 2.57. The zero-order chi connectivity index (χ0) is 16.8. The van der Waals surface area contributed by atoms with Gasteiger partial charge in [0.15, 0.2) is 5.96 Å². The summed E-state index contributed by atoms with van der Waals surface area (Å²) < 4.78 is 10.7. The third kappa shape index (κ3) is 11.5. The molecule has 0 aromatic heterocycles. The van der Waals surface area contributed by atoms with E-state index in [1.54, 1.807) is 7.11 Å². The van der Waals surface area contributed by atoms with Gasteiger partial charge in [-0.2, -0.15) is 0 Å². The Morgan fingerprint density at radius 1 is 1.17 bits per heavy atom. The fraction of sp³-hybridized carbons (Fsp3) is 0.611. The summed E-state index contributed by atoms with van der Waals surface area (Å²) in [5.41, 5.74) is 6.97. The van der Waals surface area contributed by atoms with Crippen LogP contribution in [0.15, 0.2) is 29.3 Å². The molecule has 5 nitrogen and oxygen atoms in total. The van der Waals surface area contributed by atoms with Crippen molar-refractivity contribution in [3.05, 3.63) is 29.8 Å². The smallest absolute Gasteiger partial charge is 0.188 e. The van der Waals surface area contributed by atoms with Gasteiger partial charge in [-0.05, 0) is 24.1 Å². The monoisotopic (exact) mass is 449 g/mol. The van der Waals surface area contributed by atoms with Crippen LogP contribution in [0.4, 0.5) is 0 Å². The Labute approximate surface area is 163 Å². The van der Waals surface area contributed by atoms with Crippen LogP contribution < -0.4 is 15.8 Å². The Bertz CT molecular complexity index is 456. The summed E-state index contributed by atoms with van der Waals surface area (Å²) in [4.78, 5) is 4.37. The third-order valence-corrected chi connectivity index (χ3v) is 3.43. The van der Waals surface area contributed by atoms with Gasteiger partial charge in [0.2, 0.25) is 0 Å². The Kier molecular flexibility index (Phi) is 14.8. The highest BCUT2D eigenvalue weighted by molar-refractivity contribution is 14.0. The van der Waals surface area contributed by atoms with E-state index < -0.39 is 0 Å². The fourth-order valence-electron chi connectivity index (χ4n) is 2.13. The van der Waals surface area contributed by atoms with Gasteiger partial charge in [-0.25, -0.2) is 4.99 Å². The minimum Gasteiger partial charge on any atom is -0.493 e. The van der Waals surface area contributed by atoms with Crippen LogP contribution in [0.3, 0.4) is 0 Å². The van der Waals surface area contributed by atoms with E-state index in [9.17, 15) is 0 Å². The van der Waals surface area contributed by atoms with Crippen LogP contribution >= 0.6 is 24.0 Å². The van der Waals surface area contributed by atoms with Crippen molar-refractivity contribution in [1.29, 1.82) is 0 Å². The molecule has 0 saturated heterocycles. The van der Waals surface area contributed by atoms with Crippen molar-refractivity contribution in [2.75, 3.05) is 26.9 Å². The lowest BCUT2D eigenvalue weighted by atomic mass is 10.2. The second kappa shape index (κ2) is 15.5. The minimum atomic E-state index is 0. The summed E-state index contributed by atoms with van der Waals surface area (Å²) in [5.74, 6) is 1.37.